The fourth-order valence-electron chi connectivity index (χ4n) is 2.12. The van der Waals surface area contributed by atoms with Crippen molar-refractivity contribution in [3.63, 3.8) is 0 Å². The van der Waals surface area contributed by atoms with Crippen molar-refractivity contribution in [1.82, 2.24) is 10.3 Å². The van der Waals surface area contributed by atoms with E-state index in [0.717, 1.165) is 21.8 Å². The lowest BCUT2D eigenvalue weighted by molar-refractivity contribution is 0.739. The Balaban J connectivity index is 1.77. The smallest absolute Gasteiger partial charge is 0.170 e. The van der Waals surface area contributed by atoms with Crippen molar-refractivity contribution >= 4 is 44.6 Å². The predicted octanol–water partition coefficient (Wildman–Crippen LogP) is 4.66. The molecular weight excluding hydrogens is 310 g/mol. The number of para-hydroxylation sites is 1. The molecule has 5 heteroatoms. The molecular formula is C17H17N3S2. The van der Waals surface area contributed by atoms with Gasteiger partial charge in [-0.2, -0.15) is 0 Å². The van der Waals surface area contributed by atoms with Gasteiger partial charge in [-0.05, 0) is 62.5 Å². The van der Waals surface area contributed by atoms with E-state index in [9.17, 15) is 0 Å². The molecule has 112 valence electrons. The van der Waals surface area contributed by atoms with E-state index in [2.05, 4.69) is 47.7 Å². The molecule has 0 fully saturated rings. The van der Waals surface area contributed by atoms with Crippen molar-refractivity contribution in [3.8, 4) is 10.6 Å². The highest BCUT2D eigenvalue weighted by Crippen LogP contribution is 2.30. The molecule has 0 aliphatic rings. The summed E-state index contributed by atoms with van der Waals surface area (Å²) in [6, 6.07) is 16.7. The Morgan fingerprint density at radius 2 is 1.82 bits per heavy atom. The van der Waals surface area contributed by atoms with Gasteiger partial charge in [0, 0.05) is 17.3 Å². The zero-order valence-electron chi connectivity index (χ0n) is 12.5. The van der Waals surface area contributed by atoms with Crippen LogP contribution in [0, 0.1) is 0 Å². The minimum atomic E-state index is 0.321. The largest absolute Gasteiger partial charge is 0.360 e. The Morgan fingerprint density at radius 1 is 1.09 bits per heavy atom. The molecule has 1 heterocycles. The first-order valence-corrected chi connectivity index (χ1v) is 8.38. The van der Waals surface area contributed by atoms with Gasteiger partial charge in [-0.3, -0.25) is 0 Å². The third-order valence-electron chi connectivity index (χ3n) is 3.10. The highest BCUT2D eigenvalue weighted by Gasteiger charge is 2.06. The van der Waals surface area contributed by atoms with Gasteiger partial charge in [-0.15, -0.1) is 11.3 Å². The molecule has 0 saturated carbocycles. The van der Waals surface area contributed by atoms with Gasteiger partial charge < -0.3 is 10.6 Å². The molecule has 0 aliphatic carbocycles. The molecule has 0 saturated heterocycles. The number of thiazole rings is 1. The van der Waals surface area contributed by atoms with Crippen molar-refractivity contribution in [2.45, 2.75) is 19.9 Å². The summed E-state index contributed by atoms with van der Waals surface area (Å²) in [6.07, 6.45) is 0. The molecule has 22 heavy (non-hydrogen) atoms. The van der Waals surface area contributed by atoms with Crippen LogP contribution in [-0.2, 0) is 0 Å². The second-order valence-corrected chi connectivity index (χ2v) is 6.76. The van der Waals surface area contributed by atoms with Gasteiger partial charge in [-0.1, -0.05) is 12.1 Å². The maximum atomic E-state index is 5.25. The Hall–Kier alpha value is -1.98. The van der Waals surface area contributed by atoms with Crippen LogP contribution in [0.15, 0.2) is 48.5 Å². The second kappa shape index (κ2) is 6.42. The third-order valence-corrected chi connectivity index (χ3v) is 4.41. The molecule has 0 atom stereocenters. The number of thiocarbonyl (C=S) groups is 1. The average molecular weight is 327 g/mol. The number of nitrogens with zero attached hydrogens (tertiary/aromatic N) is 1. The molecule has 3 rings (SSSR count). The molecule has 0 aliphatic heterocycles. The summed E-state index contributed by atoms with van der Waals surface area (Å²) in [5.74, 6) is 0. The van der Waals surface area contributed by atoms with Crippen LogP contribution in [-0.4, -0.2) is 16.1 Å². The standard InChI is InChI=1S/C17H17N3S2/c1-11(2)18-17(21)19-13-9-7-12(8-10-13)16-20-14-5-3-4-6-15(14)22-16/h3-11H,1-2H3,(H2,18,19,21). The molecule has 0 bridgehead atoms. The summed E-state index contributed by atoms with van der Waals surface area (Å²) in [4.78, 5) is 4.67. The number of hydrogen-bond acceptors (Lipinski definition) is 3. The zero-order valence-corrected chi connectivity index (χ0v) is 14.1. The number of nitrogens with one attached hydrogen (secondary N) is 2. The highest BCUT2D eigenvalue weighted by molar-refractivity contribution is 7.80. The van der Waals surface area contributed by atoms with Gasteiger partial charge in [0.1, 0.15) is 5.01 Å². The number of anilines is 1. The lowest BCUT2D eigenvalue weighted by atomic mass is 10.2. The fraction of sp³-hybridized carbons (Fsp3) is 0.176. The van der Waals surface area contributed by atoms with E-state index in [1.807, 2.05) is 30.3 Å². The van der Waals surface area contributed by atoms with E-state index in [1.165, 1.54) is 4.70 Å². The van der Waals surface area contributed by atoms with Crippen LogP contribution in [0.25, 0.3) is 20.8 Å². The van der Waals surface area contributed by atoms with Gasteiger partial charge in [0.05, 0.1) is 10.2 Å². The summed E-state index contributed by atoms with van der Waals surface area (Å²) in [7, 11) is 0. The van der Waals surface area contributed by atoms with Gasteiger partial charge in [0.25, 0.3) is 0 Å². The Labute approximate surface area is 139 Å². The van der Waals surface area contributed by atoms with Gasteiger partial charge in [0.15, 0.2) is 5.11 Å². The molecule has 3 nitrogen and oxygen atoms in total. The van der Waals surface area contributed by atoms with Crippen molar-refractivity contribution in [2.75, 3.05) is 5.32 Å². The van der Waals surface area contributed by atoms with Crippen LogP contribution in [0.3, 0.4) is 0 Å². The lowest BCUT2D eigenvalue weighted by Crippen LogP contribution is -2.33. The highest BCUT2D eigenvalue weighted by atomic mass is 32.1. The van der Waals surface area contributed by atoms with E-state index in [-0.39, 0.29) is 0 Å². The monoisotopic (exact) mass is 327 g/mol. The Kier molecular flexibility index (Phi) is 4.36. The maximum absolute atomic E-state index is 5.25. The van der Waals surface area contributed by atoms with Gasteiger partial charge >= 0.3 is 0 Å². The third kappa shape index (κ3) is 3.43. The van der Waals surface area contributed by atoms with Crippen LogP contribution in [0.2, 0.25) is 0 Å². The van der Waals surface area contributed by atoms with Crippen LogP contribution >= 0.6 is 23.6 Å². The van der Waals surface area contributed by atoms with Crippen molar-refractivity contribution in [2.24, 2.45) is 0 Å². The summed E-state index contributed by atoms with van der Waals surface area (Å²) in [6.45, 7) is 4.12. The van der Waals surface area contributed by atoms with E-state index >= 15 is 0 Å². The number of benzene rings is 2. The minimum Gasteiger partial charge on any atom is -0.360 e. The van der Waals surface area contributed by atoms with E-state index < -0.39 is 0 Å². The molecule has 0 spiro atoms. The van der Waals surface area contributed by atoms with Crippen molar-refractivity contribution in [1.29, 1.82) is 0 Å². The SMILES string of the molecule is CC(C)NC(=S)Nc1ccc(-c2nc3ccccc3s2)cc1. The van der Waals surface area contributed by atoms with Crippen LogP contribution in [0.5, 0.6) is 0 Å². The molecule has 0 radical (unpaired) electrons. The number of rotatable bonds is 3. The normalized spacial score (nSPS) is 10.9. The van der Waals surface area contributed by atoms with Crippen molar-refractivity contribution < 1.29 is 0 Å². The molecule has 0 unspecified atom stereocenters. The van der Waals surface area contributed by atoms with E-state index in [1.54, 1.807) is 11.3 Å². The minimum absolute atomic E-state index is 0.321. The first kappa shape index (κ1) is 14.9. The fourth-order valence-corrected chi connectivity index (χ4v) is 3.45. The first-order chi connectivity index (χ1) is 10.6. The molecule has 2 N–H and O–H groups in total. The Morgan fingerprint density at radius 3 is 2.50 bits per heavy atom. The quantitative estimate of drug-likeness (QED) is 0.686. The second-order valence-electron chi connectivity index (χ2n) is 5.32. The topological polar surface area (TPSA) is 37.0 Å². The zero-order chi connectivity index (χ0) is 15.5. The Bertz CT molecular complexity index is 758. The summed E-state index contributed by atoms with van der Waals surface area (Å²) < 4.78 is 1.21. The molecule has 0 amide bonds. The van der Waals surface area contributed by atoms with Crippen LogP contribution < -0.4 is 10.6 Å². The maximum Gasteiger partial charge on any atom is 0.170 e. The van der Waals surface area contributed by atoms with Gasteiger partial charge in [-0.25, -0.2) is 4.98 Å². The van der Waals surface area contributed by atoms with E-state index in [4.69, 9.17) is 12.2 Å². The number of hydrogen-bond donors (Lipinski definition) is 2. The summed E-state index contributed by atoms with van der Waals surface area (Å²) in [5.41, 5.74) is 3.14. The number of fused-ring (bicyclic) bond motifs is 1. The molecule has 1 aromatic heterocycles. The van der Waals surface area contributed by atoms with Crippen LogP contribution in [0.1, 0.15) is 13.8 Å². The summed E-state index contributed by atoms with van der Waals surface area (Å²) in [5, 5.41) is 8.03. The predicted molar refractivity (Wildman–Crippen MR) is 99.5 cm³/mol. The number of aromatic nitrogens is 1. The van der Waals surface area contributed by atoms with E-state index in [0.29, 0.717) is 11.2 Å². The molecule has 3 aromatic rings. The molecule has 2 aromatic carbocycles. The van der Waals surface area contributed by atoms with Crippen molar-refractivity contribution in [3.05, 3.63) is 48.5 Å². The van der Waals surface area contributed by atoms with Gasteiger partial charge in [0.2, 0.25) is 0 Å². The average Bonchev–Trinajstić information content (AvgIpc) is 2.91. The first-order valence-electron chi connectivity index (χ1n) is 7.15. The van der Waals surface area contributed by atoms with Crippen LogP contribution in [0.4, 0.5) is 5.69 Å². The summed E-state index contributed by atoms with van der Waals surface area (Å²) >= 11 is 6.96. The lowest BCUT2D eigenvalue weighted by Gasteiger charge is -2.13.